The molecule has 0 bridgehead atoms. The molecular weight excluding hydrogens is 348 g/mol. The van der Waals surface area contributed by atoms with E-state index in [2.05, 4.69) is 4.98 Å². The van der Waals surface area contributed by atoms with Gasteiger partial charge in [-0.05, 0) is 51.2 Å². The van der Waals surface area contributed by atoms with E-state index in [1.54, 1.807) is 17.2 Å². The normalized spacial score (nSPS) is 19.8. The molecule has 0 aromatic carbocycles. The number of nitrogens with zero attached hydrogens (tertiary/aromatic N) is 2. The first-order chi connectivity index (χ1) is 11.2. The monoisotopic (exact) mass is 372 g/mol. The fourth-order valence-corrected chi connectivity index (χ4v) is 4.26. The Morgan fingerprint density at radius 1 is 1.46 bits per heavy atom. The van der Waals surface area contributed by atoms with Gasteiger partial charge in [0.2, 0.25) is 0 Å². The predicted molar refractivity (Wildman–Crippen MR) is 96.5 cm³/mol. The Kier molecular flexibility index (Phi) is 6.63. The molecule has 2 rings (SSSR count). The largest absolute Gasteiger partial charge is 0.444 e. The summed E-state index contributed by atoms with van der Waals surface area (Å²) in [4.78, 5) is 17.9. The van der Waals surface area contributed by atoms with Crippen LogP contribution >= 0.6 is 11.6 Å². The third-order valence-corrected chi connectivity index (χ3v) is 5.43. The highest BCUT2D eigenvalue weighted by Crippen LogP contribution is 2.21. The van der Waals surface area contributed by atoms with Crippen LogP contribution in [0.1, 0.15) is 39.2 Å². The number of ether oxygens (including phenoxy) is 1. The molecule has 1 aliphatic heterocycles. The summed E-state index contributed by atoms with van der Waals surface area (Å²) in [6, 6.07) is 3.56. The number of aromatic nitrogens is 1. The standard InChI is InChI=1S/C17H25ClN2O3S/c1-17(2,3)23-16(21)20-8-4-5-14(10-20)12-24(22)11-13-6-7-15(18)19-9-13/h6-7,9,14H,4-5,8,10-12H2,1-3H3/t14-,24-/m1/s1. The van der Waals surface area contributed by atoms with E-state index in [0.717, 1.165) is 18.4 Å². The van der Waals surface area contributed by atoms with Gasteiger partial charge in [0.25, 0.3) is 0 Å². The summed E-state index contributed by atoms with van der Waals surface area (Å²) in [7, 11) is -0.984. The van der Waals surface area contributed by atoms with Gasteiger partial charge < -0.3 is 9.64 Å². The molecule has 134 valence electrons. The highest BCUT2D eigenvalue weighted by atomic mass is 35.5. The summed E-state index contributed by atoms with van der Waals surface area (Å²) in [5.74, 6) is 1.29. The molecule has 7 heteroatoms. The lowest BCUT2D eigenvalue weighted by Gasteiger charge is -2.34. The topological polar surface area (TPSA) is 59.5 Å². The summed E-state index contributed by atoms with van der Waals surface area (Å²) in [5, 5.41) is 0.435. The fraction of sp³-hybridized carbons (Fsp3) is 0.647. The minimum atomic E-state index is -0.984. The van der Waals surface area contributed by atoms with Gasteiger partial charge in [0.15, 0.2) is 0 Å². The molecule has 0 spiro atoms. The molecule has 0 radical (unpaired) electrons. The maximum atomic E-state index is 12.4. The first-order valence-corrected chi connectivity index (χ1v) is 10.0. The van der Waals surface area contributed by atoms with Gasteiger partial charge in [-0.25, -0.2) is 9.78 Å². The zero-order chi connectivity index (χ0) is 17.7. The zero-order valence-electron chi connectivity index (χ0n) is 14.5. The number of piperidine rings is 1. The van der Waals surface area contributed by atoms with Crippen LogP contribution in [0.3, 0.4) is 0 Å². The third kappa shape index (κ3) is 6.40. The van der Waals surface area contributed by atoms with Crippen molar-refractivity contribution in [2.45, 2.75) is 45.0 Å². The van der Waals surface area contributed by atoms with Crippen LogP contribution < -0.4 is 0 Å². The molecule has 2 atom stereocenters. The number of rotatable bonds is 4. The Balaban J connectivity index is 1.84. The van der Waals surface area contributed by atoms with Crippen LogP contribution in [-0.2, 0) is 21.3 Å². The van der Waals surface area contributed by atoms with Gasteiger partial charge in [-0.2, -0.15) is 0 Å². The number of carbonyl (C=O) groups is 1. The van der Waals surface area contributed by atoms with Gasteiger partial charge in [-0.3, -0.25) is 4.21 Å². The van der Waals surface area contributed by atoms with Crippen molar-refractivity contribution < 1.29 is 13.7 Å². The Hall–Kier alpha value is -1.14. The molecule has 1 aliphatic rings. The van der Waals surface area contributed by atoms with E-state index < -0.39 is 16.4 Å². The van der Waals surface area contributed by atoms with E-state index in [1.165, 1.54) is 0 Å². The van der Waals surface area contributed by atoms with Crippen LogP contribution in [0.2, 0.25) is 5.15 Å². The molecule has 1 saturated heterocycles. The van der Waals surface area contributed by atoms with E-state index in [0.29, 0.717) is 29.7 Å². The molecular formula is C17H25ClN2O3S. The summed E-state index contributed by atoms with van der Waals surface area (Å²) in [6.45, 7) is 6.91. The van der Waals surface area contributed by atoms with Crippen molar-refractivity contribution in [2.75, 3.05) is 18.8 Å². The van der Waals surface area contributed by atoms with Crippen LogP contribution in [0.4, 0.5) is 4.79 Å². The van der Waals surface area contributed by atoms with Gasteiger partial charge in [0, 0.05) is 35.8 Å². The molecule has 5 nitrogen and oxygen atoms in total. The molecule has 1 aromatic heterocycles. The minimum absolute atomic E-state index is 0.243. The first kappa shape index (κ1) is 19.2. The second-order valence-corrected chi connectivity index (χ2v) is 9.06. The molecule has 0 saturated carbocycles. The van der Waals surface area contributed by atoms with Crippen molar-refractivity contribution in [2.24, 2.45) is 5.92 Å². The number of carbonyl (C=O) groups excluding carboxylic acids is 1. The second-order valence-electron chi connectivity index (χ2n) is 7.17. The van der Waals surface area contributed by atoms with Crippen LogP contribution in [-0.4, -0.2) is 44.6 Å². The third-order valence-electron chi connectivity index (χ3n) is 3.71. The number of amides is 1. The first-order valence-electron chi connectivity index (χ1n) is 8.16. The molecule has 0 unspecified atom stereocenters. The number of halogens is 1. The van der Waals surface area contributed by atoms with E-state index in [9.17, 15) is 9.00 Å². The molecule has 0 N–H and O–H groups in total. The maximum Gasteiger partial charge on any atom is 0.410 e. The Bertz CT molecular complexity index is 586. The highest BCUT2D eigenvalue weighted by Gasteiger charge is 2.28. The van der Waals surface area contributed by atoms with Gasteiger partial charge >= 0.3 is 6.09 Å². The van der Waals surface area contributed by atoms with Gasteiger partial charge in [-0.15, -0.1) is 0 Å². The Morgan fingerprint density at radius 2 is 2.21 bits per heavy atom. The van der Waals surface area contributed by atoms with Crippen molar-refractivity contribution in [3.63, 3.8) is 0 Å². The number of hydrogen-bond acceptors (Lipinski definition) is 4. The Morgan fingerprint density at radius 3 is 2.83 bits per heavy atom. The van der Waals surface area contributed by atoms with Gasteiger partial charge in [-0.1, -0.05) is 17.7 Å². The summed E-state index contributed by atoms with van der Waals surface area (Å²) < 4.78 is 17.8. The van der Waals surface area contributed by atoms with Gasteiger partial charge in [0.1, 0.15) is 10.8 Å². The predicted octanol–water partition coefficient (Wildman–Crippen LogP) is 3.63. The van der Waals surface area contributed by atoms with Crippen LogP contribution in [0.15, 0.2) is 18.3 Å². The number of likely N-dealkylation sites (tertiary alicyclic amines) is 1. The van der Waals surface area contributed by atoms with Crippen molar-refractivity contribution in [3.05, 3.63) is 29.0 Å². The van der Waals surface area contributed by atoms with Crippen molar-refractivity contribution in [3.8, 4) is 0 Å². The lowest BCUT2D eigenvalue weighted by atomic mass is 10.0. The van der Waals surface area contributed by atoms with E-state index in [-0.39, 0.29) is 12.0 Å². The average molecular weight is 373 g/mol. The van der Waals surface area contributed by atoms with Crippen LogP contribution in [0.25, 0.3) is 0 Å². The fourth-order valence-electron chi connectivity index (χ4n) is 2.69. The SMILES string of the molecule is CC(C)(C)OC(=O)N1CCC[C@@H](C[S@](=O)Cc2ccc(Cl)nc2)C1. The van der Waals surface area contributed by atoms with Gasteiger partial charge in [0.05, 0.1) is 5.75 Å². The second kappa shape index (κ2) is 8.30. The summed E-state index contributed by atoms with van der Waals surface area (Å²) in [6.07, 6.45) is 3.29. The lowest BCUT2D eigenvalue weighted by molar-refractivity contribution is 0.0176. The van der Waals surface area contributed by atoms with Crippen LogP contribution in [0, 0.1) is 5.92 Å². The molecule has 1 fully saturated rings. The van der Waals surface area contributed by atoms with E-state index in [4.69, 9.17) is 16.3 Å². The average Bonchev–Trinajstić information content (AvgIpc) is 2.48. The quantitative estimate of drug-likeness (QED) is 0.757. The molecule has 24 heavy (non-hydrogen) atoms. The summed E-state index contributed by atoms with van der Waals surface area (Å²) in [5.41, 5.74) is 0.423. The van der Waals surface area contributed by atoms with Crippen molar-refractivity contribution in [1.82, 2.24) is 9.88 Å². The number of pyridine rings is 1. The maximum absolute atomic E-state index is 12.4. The minimum Gasteiger partial charge on any atom is -0.444 e. The molecule has 2 heterocycles. The lowest BCUT2D eigenvalue weighted by Crippen LogP contribution is -2.44. The zero-order valence-corrected chi connectivity index (χ0v) is 16.0. The smallest absolute Gasteiger partial charge is 0.410 e. The number of hydrogen-bond donors (Lipinski definition) is 0. The highest BCUT2D eigenvalue weighted by molar-refractivity contribution is 7.84. The molecule has 1 amide bonds. The van der Waals surface area contributed by atoms with Crippen molar-refractivity contribution >= 4 is 28.5 Å². The van der Waals surface area contributed by atoms with E-state index >= 15 is 0 Å². The summed E-state index contributed by atoms with van der Waals surface area (Å²) >= 11 is 5.76. The molecule has 1 aromatic rings. The molecule has 0 aliphatic carbocycles. The van der Waals surface area contributed by atoms with Crippen LogP contribution in [0.5, 0.6) is 0 Å². The van der Waals surface area contributed by atoms with E-state index in [1.807, 2.05) is 26.8 Å². The van der Waals surface area contributed by atoms with Crippen molar-refractivity contribution in [1.29, 1.82) is 0 Å². The Labute approximate surface area is 151 Å².